The minimum atomic E-state index is -4.64. The van der Waals surface area contributed by atoms with Gasteiger partial charge in [0.25, 0.3) is 0 Å². The average Bonchev–Trinajstić information content (AvgIpc) is 0.722. The standard InChI is InChI=1S/Ca.2H3N.H3O4P.2H/c;;;1-5(2,3)4;;/h;2*1H3;(H3,1,2,3,4);;. The summed E-state index contributed by atoms with van der Waals surface area (Å²) in [5, 5.41) is 0. The fourth-order valence-corrected chi connectivity index (χ4v) is 0. The Hall–Kier alpha value is 1.29. The Morgan fingerprint density at radius 3 is 1.00 bits per heavy atom. The van der Waals surface area contributed by atoms with Crippen LogP contribution < -0.4 is 12.3 Å². The molecule has 6 nitrogen and oxygen atoms in total. The van der Waals surface area contributed by atoms with Gasteiger partial charge in [-0.1, -0.05) is 0 Å². The number of hydrogen-bond acceptors (Lipinski definition) is 3. The first-order chi connectivity index (χ1) is 2.00. The number of rotatable bonds is 0. The second kappa shape index (κ2) is 8.29. The molecule has 0 atom stereocenters. The van der Waals surface area contributed by atoms with Crippen LogP contribution in [0.25, 0.3) is 0 Å². The van der Waals surface area contributed by atoms with Crippen LogP contribution in [0.4, 0.5) is 0 Å². The molecular weight excluding hydrogens is 163 g/mol. The van der Waals surface area contributed by atoms with Gasteiger partial charge in [0.05, 0.1) is 0 Å². The molecule has 0 fully saturated rings. The van der Waals surface area contributed by atoms with Gasteiger partial charge in [-0.25, -0.2) is 4.57 Å². The predicted octanol–water partition coefficient (Wildman–Crippen LogP) is -1.52. The third kappa shape index (κ3) is 173. The van der Waals surface area contributed by atoms with Crippen LogP contribution in [0.1, 0.15) is 0 Å². The van der Waals surface area contributed by atoms with E-state index in [9.17, 15) is 0 Å². The monoisotopic (exact) mass is 174 g/mol. The van der Waals surface area contributed by atoms with Crippen LogP contribution in [0.3, 0.4) is 0 Å². The van der Waals surface area contributed by atoms with Gasteiger partial charge in [0, 0.05) is 0 Å². The van der Waals surface area contributed by atoms with Crippen molar-refractivity contribution in [2.75, 3.05) is 0 Å². The molecule has 0 bridgehead atoms. The van der Waals surface area contributed by atoms with Gasteiger partial charge in [0.2, 0.25) is 0 Å². The summed E-state index contributed by atoms with van der Waals surface area (Å²) in [5.74, 6) is 0. The molecule has 0 heterocycles. The summed E-state index contributed by atoms with van der Waals surface area (Å²) in [7, 11) is -4.64. The van der Waals surface area contributed by atoms with Gasteiger partial charge in [0.15, 0.2) is 0 Å². The maximum atomic E-state index is 8.88. The molecule has 0 aliphatic heterocycles. The van der Waals surface area contributed by atoms with E-state index >= 15 is 0 Å². The second-order valence-electron chi connectivity index (χ2n) is 0.513. The molecule has 0 rings (SSSR count). The molecule has 0 saturated carbocycles. The van der Waals surface area contributed by atoms with Crippen molar-refractivity contribution in [1.82, 2.24) is 12.3 Å². The van der Waals surface area contributed by atoms with Gasteiger partial charge < -0.3 is 27.0 Å². The summed E-state index contributed by atoms with van der Waals surface area (Å²) >= 11 is 0. The second-order valence-corrected chi connectivity index (χ2v) is 1.54. The zero-order chi connectivity index (χ0) is 4.50. The van der Waals surface area contributed by atoms with Crippen molar-refractivity contribution >= 4 is 45.6 Å². The first-order valence-corrected chi connectivity index (χ1v) is 2.35. The summed E-state index contributed by atoms with van der Waals surface area (Å²) in [6.07, 6.45) is 0. The van der Waals surface area contributed by atoms with Crippen molar-refractivity contribution < 1.29 is 19.2 Å². The van der Waals surface area contributed by atoms with Gasteiger partial charge in [-0.3, -0.25) is 0 Å². The van der Waals surface area contributed by atoms with E-state index in [1.54, 1.807) is 0 Å². The summed E-state index contributed by atoms with van der Waals surface area (Å²) in [5.41, 5.74) is 0. The van der Waals surface area contributed by atoms with Gasteiger partial charge in [-0.05, 0) is 0 Å². The van der Waals surface area contributed by atoms with Crippen LogP contribution in [0, 0.1) is 0 Å². The van der Waals surface area contributed by atoms with E-state index in [4.69, 9.17) is 19.2 Å². The van der Waals surface area contributed by atoms with Crippen LogP contribution in [-0.2, 0) is 4.57 Å². The summed E-state index contributed by atoms with van der Waals surface area (Å²) < 4.78 is 8.88. The van der Waals surface area contributed by atoms with Crippen molar-refractivity contribution in [1.29, 1.82) is 0 Å². The Bertz CT molecular complexity index is 60.2. The molecule has 8 heteroatoms. The SMILES string of the molecule is N.N.O=P(O)(O)O.[CaH2]. The fraction of sp³-hybridized carbons (Fsp3) is 0. The van der Waals surface area contributed by atoms with Crippen molar-refractivity contribution in [2.45, 2.75) is 0 Å². The van der Waals surface area contributed by atoms with E-state index in [1.807, 2.05) is 0 Å². The van der Waals surface area contributed by atoms with Crippen molar-refractivity contribution in [3.05, 3.63) is 0 Å². The zero-order valence-corrected chi connectivity index (χ0v) is 4.51. The molecule has 0 aromatic heterocycles. The molecule has 52 valence electrons. The third-order valence-electron chi connectivity index (χ3n) is 0. The predicted molar refractivity (Wildman–Crippen MR) is 32.9 cm³/mol. The first-order valence-electron chi connectivity index (χ1n) is 0.783. The van der Waals surface area contributed by atoms with E-state index in [-0.39, 0.29) is 50.0 Å². The Labute approximate surface area is 76.7 Å². The molecular formula is H11CaN2O4P. The zero-order valence-electron chi connectivity index (χ0n) is 3.61. The molecule has 0 radical (unpaired) electrons. The molecule has 0 aromatic carbocycles. The van der Waals surface area contributed by atoms with Crippen LogP contribution in [0.5, 0.6) is 0 Å². The fourth-order valence-electron chi connectivity index (χ4n) is 0. The van der Waals surface area contributed by atoms with Gasteiger partial charge >= 0.3 is 45.6 Å². The van der Waals surface area contributed by atoms with Crippen LogP contribution in [0.2, 0.25) is 0 Å². The molecule has 0 unspecified atom stereocenters. The van der Waals surface area contributed by atoms with Crippen LogP contribution >= 0.6 is 7.82 Å². The summed E-state index contributed by atoms with van der Waals surface area (Å²) in [4.78, 5) is 21.6. The van der Waals surface area contributed by atoms with E-state index in [1.165, 1.54) is 0 Å². The van der Waals surface area contributed by atoms with Crippen molar-refractivity contribution in [2.24, 2.45) is 0 Å². The molecule has 0 aliphatic carbocycles. The maximum absolute atomic E-state index is 8.88. The Balaban J connectivity index is -0.0000000267. The first kappa shape index (κ1) is 22.8. The third-order valence-corrected chi connectivity index (χ3v) is 0. The van der Waals surface area contributed by atoms with E-state index in [0.29, 0.717) is 0 Å². The van der Waals surface area contributed by atoms with Gasteiger partial charge in [0.1, 0.15) is 0 Å². The molecule has 0 amide bonds. The van der Waals surface area contributed by atoms with Crippen molar-refractivity contribution in [3.63, 3.8) is 0 Å². The molecule has 9 N–H and O–H groups in total. The minimum absolute atomic E-state index is 0. The van der Waals surface area contributed by atoms with Crippen LogP contribution in [0.15, 0.2) is 0 Å². The Morgan fingerprint density at radius 1 is 1.00 bits per heavy atom. The Kier molecular flexibility index (Phi) is 23.6. The van der Waals surface area contributed by atoms with Gasteiger partial charge in [-0.2, -0.15) is 0 Å². The van der Waals surface area contributed by atoms with E-state index in [2.05, 4.69) is 0 Å². The topological polar surface area (TPSA) is 148 Å². The summed E-state index contributed by atoms with van der Waals surface area (Å²) in [6, 6.07) is 0. The molecule has 0 aliphatic rings. The number of phosphoric acid groups is 1. The van der Waals surface area contributed by atoms with E-state index < -0.39 is 7.82 Å². The molecule has 0 spiro atoms. The molecule has 0 aromatic rings. The molecule has 8 heavy (non-hydrogen) atoms. The van der Waals surface area contributed by atoms with E-state index in [0.717, 1.165) is 0 Å². The average molecular weight is 174 g/mol. The summed E-state index contributed by atoms with van der Waals surface area (Å²) in [6.45, 7) is 0. The van der Waals surface area contributed by atoms with Crippen LogP contribution in [-0.4, -0.2) is 52.4 Å². The van der Waals surface area contributed by atoms with Gasteiger partial charge in [-0.15, -0.1) is 0 Å². The number of hydrogen-bond donors (Lipinski definition) is 5. The normalized spacial score (nSPS) is 7.38. The Morgan fingerprint density at radius 2 is 1.00 bits per heavy atom. The molecule has 0 saturated heterocycles. The quantitative estimate of drug-likeness (QED) is 0.222. The van der Waals surface area contributed by atoms with Crippen molar-refractivity contribution in [3.8, 4) is 0 Å².